The van der Waals surface area contributed by atoms with E-state index < -0.39 is 11.6 Å². The molecule has 0 aliphatic rings. The second kappa shape index (κ2) is 4.88. The highest BCUT2D eigenvalue weighted by Crippen LogP contribution is 2.21. The number of rotatable bonds is 3. The lowest BCUT2D eigenvalue weighted by molar-refractivity contribution is 0.447. The van der Waals surface area contributed by atoms with Crippen molar-refractivity contribution in [1.29, 1.82) is 0 Å². The first kappa shape index (κ1) is 11.5. The first-order chi connectivity index (χ1) is 8.19. The standard InChI is InChI=1S/C12H10F2N2O/c13-10-3-2-9(5-11(10)14)17-12-4-1-8(6-15)7-16-12/h1-5,7H,6,15H2. The molecule has 0 bridgehead atoms. The summed E-state index contributed by atoms with van der Waals surface area (Å²) < 4.78 is 30.8. The minimum atomic E-state index is -0.957. The van der Waals surface area contributed by atoms with Crippen LogP contribution >= 0.6 is 0 Å². The van der Waals surface area contributed by atoms with Gasteiger partial charge < -0.3 is 10.5 Å². The molecule has 0 fully saturated rings. The van der Waals surface area contributed by atoms with Crippen molar-refractivity contribution in [2.45, 2.75) is 6.54 Å². The predicted octanol–water partition coefficient (Wildman–Crippen LogP) is 2.61. The third-order valence-electron chi connectivity index (χ3n) is 2.15. The molecule has 88 valence electrons. The van der Waals surface area contributed by atoms with E-state index in [-0.39, 0.29) is 5.75 Å². The molecular formula is C12H10F2N2O. The summed E-state index contributed by atoms with van der Waals surface area (Å²) in [5.74, 6) is -1.38. The van der Waals surface area contributed by atoms with Crippen molar-refractivity contribution in [2.24, 2.45) is 5.73 Å². The van der Waals surface area contributed by atoms with Crippen molar-refractivity contribution in [3.05, 3.63) is 53.7 Å². The highest BCUT2D eigenvalue weighted by molar-refractivity contribution is 5.28. The zero-order valence-electron chi connectivity index (χ0n) is 8.86. The first-order valence-electron chi connectivity index (χ1n) is 4.97. The van der Waals surface area contributed by atoms with Gasteiger partial charge in [-0.05, 0) is 17.7 Å². The van der Waals surface area contributed by atoms with Gasteiger partial charge in [0.1, 0.15) is 5.75 Å². The number of aromatic nitrogens is 1. The van der Waals surface area contributed by atoms with Gasteiger partial charge in [-0.2, -0.15) is 0 Å². The summed E-state index contributed by atoms with van der Waals surface area (Å²) in [6.45, 7) is 0.387. The molecule has 0 atom stereocenters. The molecule has 0 aliphatic carbocycles. The van der Waals surface area contributed by atoms with Gasteiger partial charge in [-0.15, -0.1) is 0 Å². The summed E-state index contributed by atoms with van der Waals surface area (Å²) in [6, 6.07) is 6.66. The normalized spacial score (nSPS) is 10.3. The second-order valence-corrected chi connectivity index (χ2v) is 3.39. The Hall–Kier alpha value is -2.01. The molecule has 2 N–H and O–H groups in total. The molecule has 17 heavy (non-hydrogen) atoms. The average Bonchev–Trinajstić information content (AvgIpc) is 2.35. The van der Waals surface area contributed by atoms with Gasteiger partial charge >= 0.3 is 0 Å². The van der Waals surface area contributed by atoms with Crippen LogP contribution in [0.2, 0.25) is 0 Å². The van der Waals surface area contributed by atoms with E-state index in [1.807, 2.05) is 0 Å². The molecule has 0 saturated heterocycles. The van der Waals surface area contributed by atoms with Crippen molar-refractivity contribution >= 4 is 0 Å². The van der Waals surface area contributed by atoms with Gasteiger partial charge in [0, 0.05) is 24.9 Å². The van der Waals surface area contributed by atoms with E-state index >= 15 is 0 Å². The summed E-state index contributed by atoms with van der Waals surface area (Å²) >= 11 is 0. The number of hydrogen-bond donors (Lipinski definition) is 1. The second-order valence-electron chi connectivity index (χ2n) is 3.39. The third-order valence-corrected chi connectivity index (χ3v) is 2.15. The largest absolute Gasteiger partial charge is 0.439 e. The van der Waals surface area contributed by atoms with E-state index in [1.165, 1.54) is 6.07 Å². The van der Waals surface area contributed by atoms with E-state index in [2.05, 4.69) is 4.98 Å². The van der Waals surface area contributed by atoms with Crippen molar-refractivity contribution < 1.29 is 13.5 Å². The van der Waals surface area contributed by atoms with Crippen LogP contribution in [0.5, 0.6) is 11.6 Å². The van der Waals surface area contributed by atoms with Crippen molar-refractivity contribution in [2.75, 3.05) is 0 Å². The average molecular weight is 236 g/mol. The molecule has 0 radical (unpaired) electrons. The predicted molar refractivity (Wildman–Crippen MR) is 58.6 cm³/mol. The van der Waals surface area contributed by atoms with Crippen LogP contribution in [0.1, 0.15) is 5.56 Å². The number of benzene rings is 1. The number of pyridine rings is 1. The lowest BCUT2D eigenvalue weighted by Gasteiger charge is -2.05. The van der Waals surface area contributed by atoms with E-state index in [1.54, 1.807) is 18.3 Å². The maximum Gasteiger partial charge on any atom is 0.219 e. The van der Waals surface area contributed by atoms with Gasteiger partial charge in [0.15, 0.2) is 11.6 Å². The van der Waals surface area contributed by atoms with Gasteiger partial charge in [0.05, 0.1) is 0 Å². The fraction of sp³-hybridized carbons (Fsp3) is 0.0833. The van der Waals surface area contributed by atoms with Crippen LogP contribution in [-0.2, 0) is 6.54 Å². The van der Waals surface area contributed by atoms with Crippen molar-refractivity contribution in [1.82, 2.24) is 4.98 Å². The molecule has 0 amide bonds. The Morgan fingerprint density at radius 3 is 2.53 bits per heavy atom. The van der Waals surface area contributed by atoms with Crippen LogP contribution in [0.4, 0.5) is 8.78 Å². The maximum absolute atomic E-state index is 12.9. The molecule has 1 heterocycles. The monoisotopic (exact) mass is 236 g/mol. The molecule has 1 aromatic heterocycles. The lowest BCUT2D eigenvalue weighted by atomic mass is 10.3. The molecule has 0 unspecified atom stereocenters. The molecule has 5 heteroatoms. The fourth-order valence-electron chi connectivity index (χ4n) is 1.25. The Labute approximate surface area is 96.9 Å². The van der Waals surface area contributed by atoms with Crippen LogP contribution in [0.15, 0.2) is 36.5 Å². The number of halogens is 2. The molecule has 0 saturated carbocycles. The minimum absolute atomic E-state index is 0.192. The Kier molecular flexibility index (Phi) is 3.30. The zero-order chi connectivity index (χ0) is 12.3. The summed E-state index contributed by atoms with van der Waals surface area (Å²) in [4.78, 5) is 3.98. The van der Waals surface area contributed by atoms with Gasteiger partial charge in [-0.3, -0.25) is 0 Å². The van der Waals surface area contributed by atoms with Gasteiger partial charge in [-0.1, -0.05) is 6.07 Å². The molecular weight excluding hydrogens is 226 g/mol. The summed E-state index contributed by atoms with van der Waals surface area (Å²) in [7, 11) is 0. The molecule has 3 nitrogen and oxygen atoms in total. The SMILES string of the molecule is NCc1ccc(Oc2ccc(F)c(F)c2)nc1. The van der Waals surface area contributed by atoms with E-state index in [0.717, 1.165) is 17.7 Å². The van der Waals surface area contributed by atoms with Crippen molar-refractivity contribution in [3.63, 3.8) is 0 Å². The van der Waals surface area contributed by atoms with Gasteiger partial charge in [-0.25, -0.2) is 13.8 Å². The molecule has 1 aromatic carbocycles. The Balaban J connectivity index is 2.16. The Morgan fingerprint density at radius 2 is 1.94 bits per heavy atom. The summed E-state index contributed by atoms with van der Waals surface area (Å²) in [6.07, 6.45) is 1.56. The van der Waals surface area contributed by atoms with Crippen LogP contribution < -0.4 is 10.5 Å². The minimum Gasteiger partial charge on any atom is -0.439 e. The molecule has 0 spiro atoms. The number of hydrogen-bond acceptors (Lipinski definition) is 3. The molecule has 0 aliphatic heterocycles. The van der Waals surface area contributed by atoms with Crippen LogP contribution in [0, 0.1) is 11.6 Å². The summed E-state index contributed by atoms with van der Waals surface area (Å²) in [5.41, 5.74) is 6.28. The topological polar surface area (TPSA) is 48.1 Å². The third kappa shape index (κ3) is 2.76. The number of ether oxygens (including phenoxy) is 1. The highest BCUT2D eigenvalue weighted by atomic mass is 19.2. The molecule has 2 aromatic rings. The van der Waals surface area contributed by atoms with Crippen LogP contribution in [0.25, 0.3) is 0 Å². The van der Waals surface area contributed by atoms with Gasteiger partial charge in [0.2, 0.25) is 5.88 Å². The summed E-state index contributed by atoms with van der Waals surface area (Å²) in [5, 5.41) is 0. The Bertz CT molecular complexity index is 514. The first-order valence-corrected chi connectivity index (χ1v) is 4.97. The number of nitrogens with two attached hydrogens (primary N) is 1. The Morgan fingerprint density at radius 1 is 1.12 bits per heavy atom. The van der Waals surface area contributed by atoms with Crippen LogP contribution in [-0.4, -0.2) is 4.98 Å². The van der Waals surface area contributed by atoms with E-state index in [0.29, 0.717) is 12.4 Å². The quantitative estimate of drug-likeness (QED) is 0.891. The fourth-order valence-corrected chi connectivity index (χ4v) is 1.25. The van der Waals surface area contributed by atoms with E-state index in [9.17, 15) is 8.78 Å². The zero-order valence-corrected chi connectivity index (χ0v) is 8.86. The maximum atomic E-state index is 12.9. The molecule has 2 rings (SSSR count). The van der Waals surface area contributed by atoms with Gasteiger partial charge in [0.25, 0.3) is 0 Å². The van der Waals surface area contributed by atoms with Crippen molar-refractivity contribution in [3.8, 4) is 11.6 Å². The van der Waals surface area contributed by atoms with E-state index in [4.69, 9.17) is 10.5 Å². The smallest absolute Gasteiger partial charge is 0.219 e. The lowest BCUT2D eigenvalue weighted by Crippen LogP contribution is -1.97. The highest BCUT2D eigenvalue weighted by Gasteiger charge is 2.04. The van der Waals surface area contributed by atoms with Crippen LogP contribution in [0.3, 0.4) is 0 Å². The number of nitrogens with zero attached hydrogens (tertiary/aromatic N) is 1.